The van der Waals surface area contributed by atoms with Crippen LogP contribution in [0.2, 0.25) is 0 Å². The number of anilines is 1. The molecule has 164 valence electrons. The van der Waals surface area contributed by atoms with Crippen LogP contribution in [0.15, 0.2) is 66.0 Å². The summed E-state index contributed by atoms with van der Waals surface area (Å²) in [4.78, 5) is 23.2. The van der Waals surface area contributed by atoms with E-state index in [0.717, 1.165) is 16.8 Å². The van der Waals surface area contributed by atoms with Crippen LogP contribution in [-0.2, 0) is 21.2 Å². The minimum atomic E-state index is -3.79. The highest BCUT2D eigenvalue weighted by Gasteiger charge is 2.33. The third-order valence-electron chi connectivity index (χ3n) is 5.80. The molecule has 0 bridgehead atoms. The lowest BCUT2D eigenvalue weighted by molar-refractivity contribution is 0.0303. The molecular weight excluding hydrogens is 428 g/mol. The van der Waals surface area contributed by atoms with Crippen LogP contribution in [0.25, 0.3) is 11.3 Å². The van der Waals surface area contributed by atoms with Gasteiger partial charge < -0.3 is 9.64 Å². The number of carbonyl (C=O) groups excluding carboxylic acids is 1. The Hall–Kier alpha value is -3.30. The number of sulfonamides is 1. The Bertz CT molecular complexity index is 1240. The Labute approximate surface area is 186 Å². The molecular formula is C23H22N4O4S. The summed E-state index contributed by atoms with van der Waals surface area (Å²) < 4.78 is 33.5. The van der Waals surface area contributed by atoms with E-state index in [1.54, 1.807) is 35.6 Å². The summed E-state index contributed by atoms with van der Waals surface area (Å²) >= 11 is 0. The zero-order chi connectivity index (χ0) is 22.1. The summed E-state index contributed by atoms with van der Waals surface area (Å²) in [7, 11) is -3.79. The number of morpholine rings is 1. The minimum Gasteiger partial charge on any atom is -0.378 e. The molecule has 0 atom stereocenters. The van der Waals surface area contributed by atoms with E-state index in [1.807, 2.05) is 18.2 Å². The first-order valence-electron chi connectivity index (χ1n) is 10.4. The van der Waals surface area contributed by atoms with Crippen LogP contribution in [0, 0.1) is 0 Å². The van der Waals surface area contributed by atoms with E-state index in [1.165, 1.54) is 16.4 Å². The second-order valence-electron chi connectivity index (χ2n) is 7.66. The minimum absolute atomic E-state index is 0.118. The predicted molar refractivity (Wildman–Crippen MR) is 119 cm³/mol. The van der Waals surface area contributed by atoms with Crippen LogP contribution < -0.4 is 4.31 Å². The van der Waals surface area contributed by atoms with Gasteiger partial charge in [0, 0.05) is 43.2 Å². The second-order valence-corrected chi connectivity index (χ2v) is 9.52. The number of pyridine rings is 2. The largest absolute Gasteiger partial charge is 0.378 e. The molecule has 1 fully saturated rings. The molecule has 32 heavy (non-hydrogen) atoms. The van der Waals surface area contributed by atoms with Gasteiger partial charge in [-0.25, -0.2) is 8.42 Å². The van der Waals surface area contributed by atoms with Gasteiger partial charge in [0.05, 0.1) is 35.7 Å². The van der Waals surface area contributed by atoms with Crippen molar-refractivity contribution in [2.45, 2.75) is 11.3 Å². The number of nitrogens with zero attached hydrogens (tertiary/aromatic N) is 4. The Morgan fingerprint density at radius 3 is 2.47 bits per heavy atom. The lowest BCUT2D eigenvalue weighted by Gasteiger charge is -2.27. The Balaban J connectivity index is 1.42. The SMILES string of the molecule is O=C(c1ccc(S(=O)(=O)N2CCc3c(-c4ccccn4)cncc32)cc1)N1CCOCC1. The maximum absolute atomic E-state index is 13.4. The summed E-state index contributed by atoms with van der Waals surface area (Å²) in [5.41, 5.74) is 3.56. The molecule has 5 rings (SSSR count). The lowest BCUT2D eigenvalue weighted by Crippen LogP contribution is -2.40. The molecule has 4 heterocycles. The summed E-state index contributed by atoms with van der Waals surface area (Å²) in [6.45, 7) is 2.43. The van der Waals surface area contributed by atoms with Gasteiger partial charge in [0.1, 0.15) is 0 Å². The van der Waals surface area contributed by atoms with Gasteiger partial charge in [-0.15, -0.1) is 0 Å². The first-order chi connectivity index (χ1) is 15.6. The van der Waals surface area contributed by atoms with Crippen molar-refractivity contribution >= 4 is 21.6 Å². The molecule has 0 N–H and O–H groups in total. The van der Waals surface area contributed by atoms with Gasteiger partial charge in [-0.1, -0.05) is 6.07 Å². The van der Waals surface area contributed by atoms with Gasteiger partial charge in [0.15, 0.2) is 0 Å². The highest BCUT2D eigenvalue weighted by atomic mass is 32.2. The number of amides is 1. The Morgan fingerprint density at radius 2 is 1.75 bits per heavy atom. The van der Waals surface area contributed by atoms with E-state index in [-0.39, 0.29) is 10.8 Å². The molecule has 1 saturated heterocycles. The quantitative estimate of drug-likeness (QED) is 0.606. The molecule has 3 aromatic rings. The summed E-state index contributed by atoms with van der Waals surface area (Å²) in [5.74, 6) is -0.118. The van der Waals surface area contributed by atoms with Gasteiger partial charge >= 0.3 is 0 Å². The van der Waals surface area contributed by atoms with E-state index in [9.17, 15) is 13.2 Å². The number of benzene rings is 1. The van der Waals surface area contributed by atoms with Crippen molar-refractivity contribution in [1.29, 1.82) is 0 Å². The van der Waals surface area contributed by atoms with Crippen molar-refractivity contribution in [3.63, 3.8) is 0 Å². The fourth-order valence-corrected chi connectivity index (χ4v) is 5.61. The first-order valence-corrected chi connectivity index (χ1v) is 11.9. The molecule has 1 amide bonds. The van der Waals surface area contributed by atoms with Crippen molar-refractivity contribution in [1.82, 2.24) is 14.9 Å². The zero-order valence-electron chi connectivity index (χ0n) is 17.3. The molecule has 0 saturated carbocycles. The fourth-order valence-electron chi connectivity index (χ4n) is 4.13. The van der Waals surface area contributed by atoms with Crippen LogP contribution in [0.3, 0.4) is 0 Å². The number of fused-ring (bicyclic) bond motifs is 1. The first kappa shape index (κ1) is 20.6. The maximum atomic E-state index is 13.4. The normalized spacial score (nSPS) is 16.1. The van der Waals surface area contributed by atoms with Gasteiger partial charge in [0.25, 0.3) is 15.9 Å². The highest BCUT2D eigenvalue weighted by Crippen LogP contribution is 2.37. The van der Waals surface area contributed by atoms with E-state index in [2.05, 4.69) is 9.97 Å². The topological polar surface area (TPSA) is 92.7 Å². The second kappa shape index (κ2) is 8.33. The van der Waals surface area contributed by atoms with E-state index < -0.39 is 10.0 Å². The Kier molecular flexibility index (Phi) is 5.36. The van der Waals surface area contributed by atoms with Crippen LogP contribution >= 0.6 is 0 Å². The predicted octanol–water partition coefficient (Wildman–Crippen LogP) is 2.37. The summed E-state index contributed by atoms with van der Waals surface area (Å²) in [5, 5.41) is 0. The van der Waals surface area contributed by atoms with Crippen molar-refractivity contribution in [2.24, 2.45) is 0 Å². The third kappa shape index (κ3) is 3.63. The fraction of sp³-hybridized carbons (Fsp3) is 0.261. The van der Waals surface area contributed by atoms with Gasteiger partial charge in [-0.3, -0.25) is 19.1 Å². The van der Waals surface area contributed by atoms with Crippen LogP contribution in [-0.4, -0.2) is 62.0 Å². The van der Waals surface area contributed by atoms with E-state index >= 15 is 0 Å². The van der Waals surface area contributed by atoms with Crippen LogP contribution in [0.5, 0.6) is 0 Å². The van der Waals surface area contributed by atoms with Crippen molar-refractivity contribution in [3.05, 3.63) is 72.2 Å². The molecule has 2 aromatic heterocycles. The summed E-state index contributed by atoms with van der Waals surface area (Å²) in [6, 6.07) is 11.8. The molecule has 0 aliphatic carbocycles. The number of carbonyl (C=O) groups is 1. The van der Waals surface area contributed by atoms with Gasteiger partial charge in [0.2, 0.25) is 0 Å². The number of hydrogen-bond donors (Lipinski definition) is 0. The highest BCUT2D eigenvalue weighted by molar-refractivity contribution is 7.92. The monoisotopic (exact) mass is 450 g/mol. The number of aromatic nitrogens is 2. The molecule has 8 nitrogen and oxygen atoms in total. The molecule has 0 spiro atoms. The van der Waals surface area contributed by atoms with Gasteiger partial charge in [-0.2, -0.15) is 0 Å². The average Bonchev–Trinajstić information content (AvgIpc) is 3.30. The standard InChI is InChI=1S/C23H22N4O4S/c28-23(26-11-13-31-14-12-26)17-4-6-18(7-5-17)32(29,30)27-10-8-19-20(15-24-16-22(19)27)21-3-1-2-9-25-21/h1-7,9,15-16H,8,10-14H2. The maximum Gasteiger partial charge on any atom is 0.264 e. The van der Waals surface area contributed by atoms with Crippen LogP contribution in [0.1, 0.15) is 15.9 Å². The average molecular weight is 451 g/mol. The van der Waals surface area contributed by atoms with Crippen molar-refractivity contribution in [3.8, 4) is 11.3 Å². The zero-order valence-corrected chi connectivity index (χ0v) is 18.2. The number of ether oxygens (including phenoxy) is 1. The van der Waals surface area contributed by atoms with E-state index in [0.29, 0.717) is 50.5 Å². The molecule has 1 aromatic carbocycles. The summed E-state index contributed by atoms with van der Waals surface area (Å²) in [6.07, 6.45) is 5.60. The van der Waals surface area contributed by atoms with E-state index in [4.69, 9.17) is 4.74 Å². The molecule has 0 radical (unpaired) electrons. The van der Waals surface area contributed by atoms with Gasteiger partial charge in [-0.05, 0) is 48.4 Å². The van der Waals surface area contributed by atoms with Crippen molar-refractivity contribution < 1.29 is 17.9 Å². The molecule has 2 aliphatic heterocycles. The smallest absolute Gasteiger partial charge is 0.264 e. The molecule has 0 unspecified atom stereocenters. The Morgan fingerprint density at radius 1 is 0.969 bits per heavy atom. The lowest BCUT2D eigenvalue weighted by atomic mass is 10.0. The molecule has 2 aliphatic rings. The molecule has 9 heteroatoms. The number of rotatable bonds is 4. The third-order valence-corrected chi connectivity index (χ3v) is 7.62. The van der Waals surface area contributed by atoms with Crippen LogP contribution in [0.4, 0.5) is 5.69 Å². The number of hydrogen-bond acceptors (Lipinski definition) is 6. The van der Waals surface area contributed by atoms with Crippen molar-refractivity contribution in [2.75, 3.05) is 37.2 Å².